The number of benzene rings is 5. The third kappa shape index (κ3) is 4.98. The highest BCUT2D eigenvalue weighted by atomic mass is 16.4. The number of fused-ring (bicyclic) bond motifs is 5. The number of oxazole rings is 1. The zero-order valence-corrected chi connectivity index (χ0v) is 30.8. The van der Waals surface area contributed by atoms with Crippen LogP contribution in [0.15, 0.2) is 93.8 Å². The van der Waals surface area contributed by atoms with Crippen LogP contribution in [0.25, 0.3) is 72.3 Å². The second-order valence-electron chi connectivity index (χ2n) is 15.5. The number of furan rings is 1. The Labute approximate surface area is 298 Å². The largest absolute Gasteiger partial charge is 0.454 e. The van der Waals surface area contributed by atoms with E-state index in [9.17, 15) is 5.26 Å². The van der Waals surface area contributed by atoms with E-state index in [1.165, 1.54) is 27.9 Å². The number of imidazole rings is 1. The standard InChI is InChI=1S/C45H43N4O2/c1-25(2)31-21-29(28-15-11-10-12-16-28)22-32(26(3)4)40(31)49-36-18-14-13-17-35(36)48(9)43(49)38-27(5)19-20-30-33-23-37-39(47-44(50-37)45(6,7)8)34(24-46)41(33)51-42(30)38/h10-23,25-26H,1-9H3/q+1. The highest BCUT2D eigenvalue weighted by Crippen LogP contribution is 2.44. The van der Waals surface area contributed by atoms with Crippen LogP contribution in [0.2, 0.25) is 0 Å². The highest BCUT2D eigenvalue weighted by Gasteiger charge is 2.34. The van der Waals surface area contributed by atoms with Crippen LogP contribution in [-0.4, -0.2) is 9.55 Å². The van der Waals surface area contributed by atoms with E-state index in [0.29, 0.717) is 28.1 Å². The van der Waals surface area contributed by atoms with Gasteiger partial charge in [-0.05, 0) is 65.8 Å². The van der Waals surface area contributed by atoms with Crippen LogP contribution in [-0.2, 0) is 12.5 Å². The third-order valence-electron chi connectivity index (χ3n) is 10.2. The minimum absolute atomic E-state index is 0.252. The normalized spacial score (nSPS) is 12.4. The molecular weight excluding hydrogens is 629 g/mol. The van der Waals surface area contributed by atoms with Crippen LogP contribution >= 0.6 is 0 Å². The highest BCUT2D eigenvalue weighted by molar-refractivity contribution is 6.14. The molecule has 8 aromatic rings. The average Bonchev–Trinajstić information content (AvgIpc) is 3.79. The zero-order valence-electron chi connectivity index (χ0n) is 30.8. The Bertz CT molecular complexity index is 2680. The monoisotopic (exact) mass is 671 g/mol. The van der Waals surface area contributed by atoms with Gasteiger partial charge in [-0.15, -0.1) is 0 Å². The second kappa shape index (κ2) is 11.7. The summed E-state index contributed by atoms with van der Waals surface area (Å²) in [6.07, 6.45) is 0. The van der Waals surface area contributed by atoms with E-state index in [2.05, 4.69) is 157 Å². The van der Waals surface area contributed by atoms with E-state index < -0.39 is 0 Å². The SMILES string of the molecule is Cc1ccc2c(oc3c(C#N)c4nc(C(C)(C)C)oc4cc32)c1-c1n(-c2c(C(C)C)cc(-c3ccccc3)cc2C(C)C)c2ccccc2[n+]1C. The molecule has 0 N–H and O–H groups in total. The number of hydrogen-bond acceptors (Lipinski definition) is 4. The molecule has 0 bridgehead atoms. The summed E-state index contributed by atoms with van der Waals surface area (Å²) in [5.41, 5.74) is 13.0. The van der Waals surface area contributed by atoms with E-state index >= 15 is 0 Å². The van der Waals surface area contributed by atoms with Gasteiger partial charge in [0.25, 0.3) is 5.82 Å². The number of para-hydroxylation sites is 2. The molecule has 0 saturated carbocycles. The summed E-state index contributed by atoms with van der Waals surface area (Å²) in [6, 6.07) is 32.7. The second-order valence-corrected chi connectivity index (χ2v) is 15.5. The van der Waals surface area contributed by atoms with Gasteiger partial charge in [-0.25, -0.2) is 9.55 Å². The molecular formula is C45H43N4O2+. The fraction of sp³-hybridized carbons (Fsp3) is 0.267. The van der Waals surface area contributed by atoms with Crippen LogP contribution in [0, 0.1) is 18.3 Å². The van der Waals surface area contributed by atoms with Crippen LogP contribution in [0.3, 0.4) is 0 Å². The molecule has 6 nitrogen and oxygen atoms in total. The van der Waals surface area contributed by atoms with Crippen molar-refractivity contribution >= 4 is 44.1 Å². The summed E-state index contributed by atoms with van der Waals surface area (Å²) in [6.45, 7) is 17.5. The predicted octanol–water partition coefficient (Wildman–Crippen LogP) is 11.6. The Morgan fingerprint density at radius 2 is 1.45 bits per heavy atom. The molecule has 3 heterocycles. The number of aromatic nitrogens is 3. The molecule has 3 aromatic heterocycles. The number of hydrogen-bond donors (Lipinski definition) is 0. The van der Waals surface area contributed by atoms with Crippen LogP contribution < -0.4 is 4.57 Å². The van der Waals surface area contributed by atoms with E-state index in [1.54, 1.807) is 0 Å². The zero-order chi connectivity index (χ0) is 35.9. The van der Waals surface area contributed by atoms with Crippen molar-refractivity contribution in [3.8, 4) is 34.3 Å². The van der Waals surface area contributed by atoms with Crippen molar-refractivity contribution in [3.63, 3.8) is 0 Å². The summed E-state index contributed by atoms with van der Waals surface area (Å²) >= 11 is 0. The Morgan fingerprint density at radius 1 is 0.784 bits per heavy atom. The first kappa shape index (κ1) is 32.5. The van der Waals surface area contributed by atoms with Crippen LogP contribution in [0.4, 0.5) is 0 Å². The van der Waals surface area contributed by atoms with Crippen molar-refractivity contribution in [3.05, 3.63) is 113 Å². The lowest BCUT2D eigenvalue weighted by Gasteiger charge is -2.21. The third-order valence-corrected chi connectivity index (χ3v) is 10.2. The molecule has 0 aliphatic carbocycles. The van der Waals surface area contributed by atoms with Crippen LogP contribution in [0.5, 0.6) is 0 Å². The summed E-state index contributed by atoms with van der Waals surface area (Å²) in [5, 5.41) is 12.3. The quantitative estimate of drug-likeness (QED) is 0.171. The first-order valence-corrected chi connectivity index (χ1v) is 17.8. The summed E-state index contributed by atoms with van der Waals surface area (Å²) in [4.78, 5) is 4.79. The summed E-state index contributed by atoms with van der Waals surface area (Å²) in [5.74, 6) is 2.12. The van der Waals surface area contributed by atoms with Crippen molar-refractivity contribution in [2.24, 2.45) is 7.05 Å². The van der Waals surface area contributed by atoms with Gasteiger partial charge in [0.2, 0.25) is 5.89 Å². The Kier molecular flexibility index (Phi) is 7.46. The van der Waals surface area contributed by atoms with Crippen molar-refractivity contribution < 1.29 is 13.4 Å². The van der Waals surface area contributed by atoms with Gasteiger partial charge < -0.3 is 8.83 Å². The topological polar surface area (TPSA) is 71.8 Å². The summed E-state index contributed by atoms with van der Waals surface area (Å²) < 4.78 is 17.9. The molecule has 51 heavy (non-hydrogen) atoms. The molecule has 0 radical (unpaired) electrons. The van der Waals surface area contributed by atoms with Crippen molar-refractivity contribution in [2.75, 3.05) is 0 Å². The maximum atomic E-state index is 10.5. The summed E-state index contributed by atoms with van der Waals surface area (Å²) in [7, 11) is 2.14. The molecule has 0 atom stereocenters. The Balaban J connectivity index is 1.50. The maximum Gasteiger partial charge on any atom is 0.299 e. The van der Waals surface area contributed by atoms with Gasteiger partial charge >= 0.3 is 0 Å². The van der Waals surface area contributed by atoms with Gasteiger partial charge in [-0.1, -0.05) is 103 Å². The minimum Gasteiger partial charge on any atom is -0.454 e. The van der Waals surface area contributed by atoms with Gasteiger partial charge in [-0.3, -0.25) is 0 Å². The van der Waals surface area contributed by atoms with Gasteiger partial charge in [0.15, 0.2) is 27.8 Å². The minimum atomic E-state index is -0.301. The molecule has 8 rings (SSSR count). The van der Waals surface area contributed by atoms with Gasteiger partial charge in [0.1, 0.15) is 28.4 Å². The number of aryl methyl sites for hydroxylation is 2. The maximum absolute atomic E-state index is 10.5. The molecule has 254 valence electrons. The Morgan fingerprint density at radius 3 is 2.10 bits per heavy atom. The van der Waals surface area contributed by atoms with Crippen molar-refractivity contribution in [2.45, 2.75) is 72.6 Å². The molecule has 0 spiro atoms. The van der Waals surface area contributed by atoms with E-state index in [0.717, 1.165) is 44.3 Å². The lowest BCUT2D eigenvalue weighted by Crippen LogP contribution is -2.30. The number of nitriles is 1. The lowest BCUT2D eigenvalue weighted by molar-refractivity contribution is -0.633. The molecule has 0 saturated heterocycles. The molecule has 6 heteroatoms. The van der Waals surface area contributed by atoms with E-state index in [4.69, 9.17) is 13.8 Å². The lowest BCUT2D eigenvalue weighted by atomic mass is 9.88. The van der Waals surface area contributed by atoms with Gasteiger partial charge in [0, 0.05) is 27.3 Å². The molecule has 5 aromatic carbocycles. The van der Waals surface area contributed by atoms with E-state index in [1.807, 2.05) is 6.07 Å². The predicted molar refractivity (Wildman–Crippen MR) is 206 cm³/mol. The molecule has 0 amide bonds. The van der Waals surface area contributed by atoms with Crippen molar-refractivity contribution in [1.29, 1.82) is 5.26 Å². The smallest absolute Gasteiger partial charge is 0.299 e. The number of rotatable bonds is 5. The molecule has 0 aliphatic heterocycles. The molecule has 0 fully saturated rings. The van der Waals surface area contributed by atoms with Crippen molar-refractivity contribution in [1.82, 2.24) is 9.55 Å². The van der Waals surface area contributed by atoms with Gasteiger partial charge in [0.05, 0.1) is 7.05 Å². The van der Waals surface area contributed by atoms with Gasteiger partial charge in [-0.2, -0.15) is 9.83 Å². The average molecular weight is 672 g/mol. The first-order valence-electron chi connectivity index (χ1n) is 17.8. The number of nitrogens with zero attached hydrogens (tertiary/aromatic N) is 4. The molecule has 0 unspecified atom stereocenters. The fourth-order valence-corrected chi connectivity index (χ4v) is 7.59. The Hall–Kier alpha value is -5.67. The molecule has 0 aliphatic rings. The fourth-order valence-electron chi connectivity index (χ4n) is 7.59. The first-order chi connectivity index (χ1) is 24.4. The van der Waals surface area contributed by atoms with E-state index in [-0.39, 0.29) is 17.3 Å². The van der Waals surface area contributed by atoms with Crippen LogP contribution in [0.1, 0.15) is 88.4 Å².